The minimum Gasteiger partial charge on any atom is -0.604 e. The van der Waals surface area contributed by atoms with Crippen molar-refractivity contribution in [3.05, 3.63) is 46.6 Å². The summed E-state index contributed by atoms with van der Waals surface area (Å²) in [5.74, 6) is 0.123. The Balaban J connectivity index is 1.68. The van der Waals surface area contributed by atoms with Crippen LogP contribution in [0.5, 0.6) is 0 Å². The van der Waals surface area contributed by atoms with Gasteiger partial charge in [-0.1, -0.05) is 0 Å². The smallest absolute Gasteiger partial charge is 0.578 e. The van der Waals surface area contributed by atoms with Gasteiger partial charge in [0.1, 0.15) is 5.82 Å². The highest BCUT2D eigenvalue weighted by molar-refractivity contribution is 9.10. The van der Waals surface area contributed by atoms with Crippen molar-refractivity contribution in [1.29, 1.82) is 0 Å². The van der Waals surface area contributed by atoms with Gasteiger partial charge in [-0.3, -0.25) is 4.79 Å². The van der Waals surface area contributed by atoms with Gasteiger partial charge in [0.05, 0.1) is 27.3 Å². The fourth-order valence-electron chi connectivity index (χ4n) is 2.72. The molecule has 0 radical (unpaired) electrons. The van der Waals surface area contributed by atoms with Crippen molar-refractivity contribution in [3.8, 4) is 0 Å². The molecule has 1 aliphatic rings. The van der Waals surface area contributed by atoms with E-state index in [4.69, 9.17) is 0 Å². The third-order valence-electron chi connectivity index (χ3n) is 4.08. The maximum atomic E-state index is 12.5. The molecule has 28 heavy (non-hydrogen) atoms. The van der Waals surface area contributed by atoms with E-state index in [-0.39, 0.29) is 11.3 Å². The second kappa shape index (κ2) is 8.27. The Labute approximate surface area is 170 Å². The molecule has 0 bridgehead atoms. The van der Waals surface area contributed by atoms with Crippen molar-refractivity contribution in [2.24, 2.45) is 0 Å². The maximum absolute atomic E-state index is 12.5. The number of β-amino-alcohol motifs (C(OH)–C–C–N with tert-alkyl or cyclic N) is 1. The van der Waals surface area contributed by atoms with Gasteiger partial charge in [-0.25, -0.2) is 4.98 Å². The van der Waals surface area contributed by atoms with Gasteiger partial charge >= 0.3 is 5.51 Å². The third-order valence-corrected chi connectivity index (χ3v) is 5.79. The number of nitrogens with zero attached hydrogens (tertiary/aromatic N) is 2. The van der Waals surface area contributed by atoms with E-state index in [9.17, 15) is 27.6 Å². The number of alkyl halides is 3. The Morgan fingerprint density at radius 2 is 2.04 bits per heavy atom. The zero-order valence-electron chi connectivity index (χ0n) is 14.2. The average Bonchev–Trinajstić information content (AvgIpc) is 3.07. The molecule has 1 aromatic carbocycles. The molecule has 3 rings (SSSR count). The molecule has 1 aliphatic heterocycles. The van der Waals surface area contributed by atoms with Gasteiger partial charge in [-0.05, 0) is 52.7 Å². The topological polar surface area (TPSA) is 88.5 Å². The van der Waals surface area contributed by atoms with Crippen molar-refractivity contribution in [2.75, 3.05) is 23.3 Å². The van der Waals surface area contributed by atoms with Gasteiger partial charge in [-0.2, -0.15) is 0 Å². The van der Waals surface area contributed by atoms with E-state index in [1.807, 2.05) is 4.90 Å². The lowest BCUT2D eigenvalue weighted by molar-refractivity contribution is -0.0435. The quantitative estimate of drug-likeness (QED) is 0.659. The number of anilines is 2. The number of aliphatic hydroxyl groups is 1. The number of halogens is 4. The number of nitrogens with one attached hydrogen (secondary N) is 1. The number of rotatable bonds is 4. The molecule has 2 N–H and O–H groups in total. The van der Waals surface area contributed by atoms with E-state index < -0.39 is 33.6 Å². The van der Waals surface area contributed by atoms with Crippen molar-refractivity contribution in [3.63, 3.8) is 0 Å². The molecule has 0 aliphatic carbocycles. The van der Waals surface area contributed by atoms with E-state index in [0.29, 0.717) is 29.8 Å². The monoisotopic (exact) mass is 477 g/mol. The number of hydrogen-bond acceptors (Lipinski definition) is 5. The lowest BCUT2D eigenvalue weighted by atomic mass is 10.2. The maximum Gasteiger partial charge on any atom is 0.578 e. The van der Waals surface area contributed by atoms with Gasteiger partial charge < -0.3 is 19.9 Å². The van der Waals surface area contributed by atoms with Crippen LogP contribution >= 0.6 is 15.9 Å². The average molecular weight is 478 g/mol. The van der Waals surface area contributed by atoms with Crippen molar-refractivity contribution in [2.45, 2.75) is 22.9 Å². The van der Waals surface area contributed by atoms with Crippen LogP contribution in [0.1, 0.15) is 16.8 Å². The van der Waals surface area contributed by atoms with Crippen LogP contribution in [0.2, 0.25) is 0 Å². The number of amides is 1. The Hall–Kier alpha value is -1.82. The second-order valence-electron chi connectivity index (χ2n) is 6.11. The summed E-state index contributed by atoms with van der Waals surface area (Å²) in [7, 11) is 0. The van der Waals surface area contributed by atoms with Crippen LogP contribution in [-0.4, -0.2) is 45.3 Å². The summed E-state index contributed by atoms with van der Waals surface area (Å²) in [6.45, 7) is 1.12. The molecule has 150 valence electrons. The molecule has 1 aromatic heterocycles. The Kier molecular flexibility index (Phi) is 6.18. The van der Waals surface area contributed by atoms with E-state index in [1.54, 1.807) is 6.07 Å². The van der Waals surface area contributed by atoms with Crippen molar-refractivity contribution >= 4 is 44.5 Å². The van der Waals surface area contributed by atoms with Crippen LogP contribution < -0.4 is 10.2 Å². The van der Waals surface area contributed by atoms with Crippen LogP contribution in [0.15, 0.2) is 45.9 Å². The summed E-state index contributed by atoms with van der Waals surface area (Å²) in [5, 5.41) is 12.2. The van der Waals surface area contributed by atoms with Crippen LogP contribution in [0, 0.1) is 0 Å². The number of hydrogen-bond donors (Lipinski definition) is 2. The lowest BCUT2D eigenvalue weighted by Crippen LogP contribution is -2.23. The first-order valence-corrected chi connectivity index (χ1v) is 10.1. The number of aromatic nitrogens is 1. The molecule has 2 heterocycles. The van der Waals surface area contributed by atoms with Crippen LogP contribution in [0.3, 0.4) is 0 Å². The molecule has 6 nitrogen and oxygen atoms in total. The Morgan fingerprint density at radius 3 is 2.57 bits per heavy atom. The number of aliphatic hydroxyl groups excluding tert-OH is 1. The normalized spacial score (nSPS) is 18.2. The number of carbonyl (C=O) groups is 1. The SMILES string of the molecule is O=C(Nc1ccc([S+]([O-])C(F)(F)F)cc1)c1cnc(N2CC[C@@H](O)C2)c(Br)c1. The zero-order chi connectivity index (χ0) is 20.5. The first-order chi connectivity index (χ1) is 13.1. The fraction of sp³-hybridized carbons (Fsp3) is 0.294. The Bertz CT molecular complexity index is 867. The first-order valence-electron chi connectivity index (χ1n) is 8.13. The molecule has 2 aromatic rings. The molecule has 0 saturated carbocycles. The fourth-order valence-corrected chi connectivity index (χ4v) is 3.97. The molecule has 11 heteroatoms. The molecular weight excluding hydrogens is 463 g/mol. The van der Waals surface area contributed by atoms with Crippen LogP contribution in [0.4, 0.5) is 24.7 Å². The van der Waals surface area contributed by atoms with Gasteiger partial charge in [0.2, 0.25) is 0 Å². The van der Waals surface area contributed by atoms with E-state index >= 15 is 0 Å². The number of benzene rings is 1. The number of carbonyl (C=O) groups excluding carboxylic acids is 1. The molecule has 1 fully saturated rings. The van der Waals surface area contributed by atoms with Crippen LogP contribution in [0.25, 0.3) is 0 Å². The molecule has 1 saturated heterocycles. The minimum atomic E-state index is -4.84. The summed E-state index contributed by atoms with van der Waals surface area (Å²) in [5.41, 5.74) is -4.33. The largest absolute Gasteiger partial charge is 0.604 e. The first kappa shape index (κ1) is 20.9. The van der Waals surface area contributed by atoms with Crippen molar-refractivity contribution < 1.29 is 27.6 Å². The zero-order valence-corrected chi connectivity index (χ0v) is 16.6. The summed E-state index contributed by atoms with van der Waals surface area (Å²) in [4.78, 5) is 18.1. The second-order valence-corrected chi connectivity index (χ2v) is 8.44. The predicted octanol–water partition coefficient (Wildman–Crippen LogP) is 3.29. The minimum absolute atomic E-state index is 0.248. The summed E-state index contributed by atoms with van der Waals surface area (Å²) in [6.07, 6.45) is 1.62. The summed E-state index contributed by atoms with van der Waals surface area (Å²) >= 11 is 0.250. The molecule has 0 spiro atoms. The molecule has 1 unspecified atom stereocenters. The highest BCUT2D eigenvalue weighted by Crippen LogP contribution is 2.31. The van der Waals surface area contributed by atoms with Gasteiger partial charge in [0.25, 0.3) is 5.91 Å². The van der Waals surface area contributed by atoms with Gasteiger partial charge in [0.15, 0.2) is 4.90 Å². The van der Waals surface area contributed by atoms with Gasteiger partial charge in [-0.15, -0.1) is 13.2 Å². The van der Waals surface area contributed by atoms with E-state index in [0.717, 1.165) is 12.1 Å². The highest BCUT2D eigenvalue weighted by Gasteiger charge is 2.45. The highest BCUT2D eigenvalue weighted by atomic mass is 79.9. The Morgan fingerprint density at radius 1 is 1.36 bits per heavy atom. The van der Waals surface area contributed by atoms with E-state index in [1.165, 1.54) is 18.3 Å². The lowest BCUT2D eigenvalue weighted by Gasteiger charge is -2.18. The van der Waals surface area contributed by atoms with E-state index in [2.05, 4.69) is 26.2 Å². The molecular formula is C17H15BrF3N3O3S. The molecule has 1 amide bonds. The van der Waals surface area contributed by atoms with Crippen LogP contribution in [-0.2, 0) is 11.2 Å². The summed E-state index contributed by atoms with van der Waals surface area (Å²) in [6, 6.07) is 6.18. The standard InChI is InChI=1S/C17H15BrF3N3O3S/c18-14-7-10(8-22-15(14)24-6-5-12(25)9-24)16(26)23-11-1-3-13(4-2-11)28(27)17(19,20)21/h1-4,7-8,12,25H,5-6,9H2,(H,23,26)/t12-,28?/m1/s1. The third kappa shape index (κ3) is 4.77. The van der Waals surface area contributed by atoms with Gasteiger partial charge in [0, 0.05) is 25.0 Å². The van der Waals surface area contributed by atoms with Crippen molar-refractivity contribution in [1.82, 2.24) is 4.98 Å². The summed E-state index contributed by atoms with van der Waals surface area (Å²) < 4.78 is 49.3. The molecule has 2 atom stereocenters. The number of pyridine rings is 1. The predicted molar refractivity (Wildman–Crippen MR) is 102 cm³/mol.